The Morgan fingerprint density at radius 2 is 0.860 bits per heavy atom. The summed E-state index contributed by atoms with van der Waals surface area (Å²) < 4.78 is 13.0. The number of furan rings is 2. The van der Waals surface area contributed by atoms with Crippen LogP contribution in [0.3, 0.4) is 0 Å². The number of anilines is 3. The minimum Gasteiger partial charge on any atom is -0.456 e. The lowest BCUT2D eigenvalue weighted by Gasteiger charge is -2.26. The highest BCUT2D eigenvalue weighted by Crippen LogP contribution is 2.45. The molecule has 12 rings (SSSR count). The van der Waals surface area contributed by atoms with Gasteiger partial charge in [-0.3, -0.25) is 0 Å². The molecule has 0 aliphatic carbocycles. The van der Waals surface area contributed by atoms with E-state index in [1.165, 1.54) is 48.8 Å². The molecule has 0 amide bonds. The van der Waals surface area contributed by atoms with E-state index in [2.05, 4.69) is 187 Å². The summed E-state index contributed by atoms with van der Waals surface area (Å²) in [5.74, 6) is 0. The second kappa shape index (κ2) is 12.5. The van der Waals surface area contributed by atoms with Crippen LogP contribution in [0.5, 0.6) is 0 Å². The predicted molar refractivity (Wildman–Crippen MR) is 239 cm³/mol. The topological polar surface area (TPSA) is 29.5 Å². The highest BCUT2D eigenvalue weighted by Gasteiger charge is 2.21. The number of para-hydroxylation sites is 3. The molecule has 57 heavy (non-hydrogen) atoms. The van der Waals surface area contributed by atoms with E-state index in [0.717, 1.165) is 66.7 Å². The maximum atomic E-state index is 6.62. The van der Waals surface area contributed by atoms with Crippen molar-refractivity contribution in [3.8, 4) is 22.3 Å². The van der Waals surface area contributed by atoms with Gasteiger partial charge in [0.25, 0.3) is 0 Å². The molecule has 0 bridgehead atoms. The number of hydrogen-bond donors (Lipinski definition) is 0. The van der Waals surface area contributed by atoms with Crippen molar-refractivity contribution in [2.45, 2.75) is 0 Å². The van der Waals surface area contributed by atoms with Crippen LogP contribution >= 0.6 is 0 Å². The molecule has 12 aromatic rings. The van der Waals surface area contributed by atoms with Crippen molar-refractivity contribution >= 4 is 93.3 Å². The number of rotatable bonds is 5. The van der Waals surface area contributed by atoms with E-state index in [-0.39, 0.29) is 0 Å². The minimum absolute atomic E-state index is 0.862. The number of fused-ring (bicyclic) bond motifs is 13. The molecule has 3 nitrogen and oxygen atoms in total. The van der Waals surface area contributed by atoms with Gasteiger partial charge in [0.2, 0.25) is 0 Å². The summed E-state index contributed by atoms with van der Waals surface area (Å²) in [5, 5.41) is 12.0. The molecule has 0 saturated carbocycles. The van der Waals surface area contributed by atoms with Crippen LogP contribution in [0.2, 0.25) is 0 Å². The zero-order valence-corrected chi connectivity index (χ0v) is 30.8. The maximum Gasteiger partial charge on any atom is 0.159 e. The van der Waals surface area contributed by atoms with Crippen LogP contribution < -0.4 is 4.90 Å². The van der Waals surface area contributed by atoms with E-state index in [0.29, 0.717) is 0 Å². The molecule has 0 aliphatic rings. The lowest BCUT2D eigenvalue weighted by Crippen LogP contribution is -2.10. The van der Waals surface area contributed by atoms with E-state index in [9.17, 15) is 0 Å². The third kappa shape index (κ3) is 4.92. The third-order valence-electron chi connectivity index (χ3n) is 11.6. The first-order valence-corrected chi connectivity index (χ1v) is 19.4. The largest absolute Gasteiger partial charge is 0.456 e. The summed E-state index contributed by atoms with van der Waals surface area (Å²) in [6.45, 7) is 0. The predicted octanol–water partition coefficient (Wildman–Crippen LogP) is 15.7. The fourth-order valence-corrected chi connectivity index (χ4v) is 9.03. The van der Waals surface area contributed by atoms with Crippen molar-refractivity contribution in [3.63, 3.8) is 0 Å². The van der Waals surface area contributed by atoms with Gasteiger partial charge in [-0.15, -0.1) is 0 Å². The van der Waals surface area contributed by atoms with Gasteiger partial charge in [-0.1, -0.05) is 140 Å². The van der Waals surface area contributed by atoms with Gasteiger partial charge in [0.1, 0.15) is 16.7 Å². The zero-order chi connectivity index (χ0) is 37.5. The molecule has 0 N–H and O–H groups in total. The lowest BCUT2D eigenvalue weighted by molar-refractivity contribution is 0.669. The van der Waals surface area contributed by atoms with Crippen molar-refractivity contribution in [3.05, 3.63) is 200 Å². The zero-order valence-electron chi connectivity index (χ0n) is 30.8. The molecule has 3 heteroatoms. The molecule has 266 valence electrons. The van der Waals surface area contributed by atoms with Crippen LogP contribution in [0.4, 0.5) is 17.1 Å². The van der Waals surface area contributed by atoms with Crippen molar-refractivity contribution in [1.29, 1.82) is 0 Å². The molecule has 0 unspecified atom stereocenters. The monoisotopic (exact) mass is 727 g/mol. The van der Waals surface area contributed by atoms with Crippen LogP contribution in [-0.4, -0.2) is 0 Å². The van der Waals surface area contributed by atoms with Gasteiger partial charge in [-0.2, -0.15) is 0 Å². The summed E-state index contributed by atoms with van der Waals surface area (Å²) in [6.07, 6.45) is 0. The molecule has 2 aromatic heterocycles. The second-order valence-electron chi connectivity index (χ2n) is 14.8. The van der Waals surface area contributed by atoms with Crippen molar-refractivity contribution in [1.82, 2.24) is 0 Å². The van der Waals surface area contributed by atoms with Gasteiger partial charge in [-0.05, 0) is 110 Å². The van der Waals surface area contributed by atoms with Crippen molar-refractivity contribution < 1.29 is 8.83 Å². The lowest BCUT2D eigenvalue weighted by atomic mass is 9.90. The third-order valence-corrected chi connectivity index (χ3v) is 11.6. The second-order valence-corrected chi connectivity index (χ2v) is 14.8. The van der Waals surface area contributed by atoms with Crippen LogP contribution in [0.15, 0.2) is 209 Å². The summed E-state index contributed by atoms with van der Waals surface area (Å²) in [4.78, 5) is 2.32. The number of nitrogens with zero attached hydrogens (tertiary/aromatic N) is 1. The first kappa shape index (κ1) is 31.7. The summed E-state index contributed by atoms with van der Waals surface area (Å²) >= 11 is 0. The Morgan fingerprint density at radius 3 is 1.70 bits per heavy atom. The molecule has 0 atom stereocenters. The molecule has 0 radical (unpaired) electrons. The molecule has 0 saturated heterocycles. The number of benzene rings is 10. The molecule has 0 fully saturated rings. The fraction of sp³-hybridized carbons (Fsp3) is 0. The van der Waals surface area contributed by atoms with Crippen molar-refractivity contribution in [2.75, 3.05) is 4.90 Å². The maximum absolute atomic E-state index is 6.62. The summed E-state index contributed by atoms with van der Waals surface area (Å²) in [7, 11) is 0. The Bertz CT molecular complexity index is 3520. The fourth-order valence-electron chi connectivity index (χ4n) is 9.03. The van der Waals surface area contributed by atoms with E-state index in [4.69, 9.17) is 8.83 Å². The van der Waals surface area contributed by atoms with Gasteiger partial charge in [0, 0.05) is 38.3 Å². The molecular weight excluding hydrogens is 695 g/mol. The molecule has 10 aromatic carbocycles. The van der Waals surface area contributed by atoms with Crippen molar-refractivity contribution in [2.24, 2.45) is 0 Å². The van der Waals surface area contributed by atoms with E-state index >= 15 is 0 Å². The highest BCUT2D eigenvalue weighted by molar-refractivity contribution is 6.34. The standard InChI is InChI=1S/C54H33NO2/c1-2-12-34(13-3-1)36-14-10-15-39(32-36)55(48-21-11-20-45-42-17-6-8-22-49(42)57-54(45)48)38-27-24-35(25-28-38)37-26-29-41-40-16-4-5-18-43(40)52-44(47(41)33-37)30-31-51-53(52)46-19-7-9-23-50(46)56-51/h1-33H. The Hall–Kier alpha value is -7.62. The summed E-state index contributed by atoms with van der Waals surface area (Å²) in [5.41, 5.74) is 11.3. The van der Waals surface area contributed by atoms with Gasteiger partial charge in [0.15, 0.2) is 5.58 Å². The molecular formula is C54H33NO2. The van der Waals surface area contributed by atoms with Gasteiger partial charge < -0.3 is 13.7 Å². The van der Waals surface area contributed by atoms with Crippen LogP contribution in [-0.2, 0) is 0 Å². The highest BCUT2D eigenvalue weighted by atomic mass is 16.3. The van der Waals surface area contributed by atoms with Gasteiger partial charge in [0.05, 0.1) is 5.69 Å². The Morgan fingerprint density at radius 1 is 0.281 bits per heavy atom. The number of hydrogen-bond acceptors (Lipinski definition) is 3. The first-order chi connectivity index (χ1) is 28.3. The van der Waals surface area contributed by atoms with Crippen LogP contribution in [0.25, 0.3) is 98.4 Å². The molecule has 0 spiro atoms. The van der Waals surface area contributed by atoms with E-state index < -0.39 is 0 Å². The Kier molecular flexibility index (Phi) is 6.93. The average Bonchev–Trinajstić information content (AvgIpc) is 3.86. The quantitative estimate of drug-likeness (QED) is 0.165. The van der Waals surface area contributed by atoms with Crippen LogP contribution in [0.1, 0.15) is 0 Å². The Labute approximate surface area is 328 Å². The Balaban J connectivity index is 1.03. The molecule has 0 aliphatic heterocycles. The first-order valence-electron chi connectivity index (χ1n) is 19.4. The van der Waals surface area contributed by atoms with Gasteiger partial charge in [-0.25, -0.2) is 0 Å². The van der Waals surface area contributed by atoms with E-state index in [1.54, 1.807) is 0 Å². The van der Waals surface area contributed by atoms with E-state index in [1.807, 2.05) is 18.2 Å². The normalized spacial score (nSPS) is 11.9. The smallest absolute Gasteiger partial charge is 0.159 e. The molecule has 2 heterocycles. The average molecular weight is 728 g/mol. The SMILES string of the molecule is c1ccc(-c2cccc(N(c3ccc(-c4ccc5c6ccccc6c6c(ccc7oc8ccccc8c76)c5c4)cc3)c3cccc4c3oc3ccccc34)c2)cc1. The summed E-state index contributed by atoms with van der Waals surface area (Å²) in [6, 6.07) is 71.4. The van der Waals surface area contributed by atoms with Gasteiger partial charge >= 0.3 is 0 Å². The minimum atomic E-state index is 0.862. The van der Waals surface area contributed by atoms with Crippen LogP contribution in [0, 0.1) is 0 Å².